The molecule has 0 spiro atoms. The molecular formula is C18H21N5O2S2. The fourth-order valence-electron chi connectivity index (χ4n) is 2.30. The third kappa shape index (κ3) is 5.80. The minimum absolute atomic E-state index is 0.0773. The second-order valence-corrected chi connectivity index (χ2v) is 8.11. The molecule has 0 unspecified atom stereocenters. The van der Waals surface area contributed by atoms with E-state index in [1.54, 1.807) is 11.3 Å². The van der Waals surface area contributed by atoms with Crippen molar-refractivity contribution in [3.8, 4) is 0 Å². The fraction of sp³-hybridized carbons (Fsp3) is 0.333. The second-order valence-electron chi connectivity index (χ2n) is 6.12. The number of benzene rings is 1. The summed E-state index contributed by atoms with van der Waals surface area (Å²) in [5, 5.41) is 14.2. The number of hydrogen-bond donors (Lipinski definition) is 1. The molecule has 1 N–H and O–H groups in total. The van der Waals surface area contributed by atoms with Gasteiger partial charge in [0.1, 0.15) is 0 Å². The van der Waals surface area contributed by atoms with Crippen molar-refractivity contribution in [2.24, 2.45) is 0 Å². The lowest BCUT2D eigenvalue weighted by Crippen LogP contribution is -2.24. The zero-order valence-electron chi connectivity index (χ0n) is 15.4. The maximum absolute atomic E-state index is 12.0. The van der Waals surface area contributed by atoms with Gasteiger partial charge in [-0.05, 0) is 24.6 Å². The lowest BCUT2D eigenvalue weighted by Gasteiger charge is -2.12. The third-order valence-corrected chi connectivity index (χ3v) is 5.36. The van der Waals surface area contributed by atoms with Crippen LogP contribution in [-0.2, 0) is 17.8 Å². The normalized spacial score (nSPS) is 10.8. The van der Waals surface area contributed by atoms with Gasteiger partial charge in [-0.15, -0.1) is 21.5 Å². The van der Waals surface area contributed by atoms with Crippen LogP contribution in [0.5, 0.6) is 0 Å². The molecule has 2 heterocycles. The van der Waals surface area contributed by atoms with Crippen molar-refractivity contribution in [3.63, 3.8) is 0 Å². The van der Waals surface area contributed by atoms with Gasteiger partial charge in [-0.1, -0.05) is 23.9 Å². The summed E-state index contributed by atoms with van der Waals surface area (Å²) in [4.78, 5) is 18.4. The molecule has 1 aromatic carbocycles. The van der Waals surface area contributed by atoms with Gasteiger partial charge >= 0.3 is 0 Å². The highest BCUT2D eigenvalue weighted by atomic mass is 32.2. The molecule has 0 atom stereocenters. The molecule has 3 rings (SSSR count). The molecular weight excluding hydrogens is 382 g/mol. The van der Waals surface area contributed by atoms with Crippen LogP contribution in [0.25, 0.3) is 0 Å². The Morgan fingerprint density at radius 1 is 1.26 bits per heavy atom. The molecule has 7 nitrogen and oxygen atoms in total. The maximum atomic E-state index is 12.0. The summed E-state index contributed by atoms with van der Waals surface area (Å²) in [5.41, 5.74) is 3.09. The summed E-state index contributed by atoms with van der Waals surface area (Å²) in [5.74, 6) is 0.656. The van der Waals surface area contributed by atoms with Crippen molar-refractivity contribution < 1.29 is 9.21 Å². The molecule has 0 radical (unpaired) electrons. The van der Waals surface area contributed by atoms with Crippen molar-refractivity contribution in [1.29, 1.82) is 0 Å². The Kier molecular flexibility index (Phi) is 6.46. The van der Waals surface area contributed by atoms with Crippen LogP contribution in [0.15, 0.2) is 39.3 Å². The smallest absolute Gasteiger partial charge is 0.277 e. The largest absolute Gasteiger partial charge is 0.416 e. The number of thioether (sulfide) groups is 1. The number of nitrogens with one attached hydrogen (secondary N) is 1. The van der Waals surface area contributed by atoms with Crippen LogP contribution in [-0.4, -0.2) is 40.9 Å². The number of carbonyl (C=O) groups excluding carboxylic acids is 1. The molecule has 3 aromatic rings. The van der Waals surface area contributed by atoms with Crippen molar-refractivity contribution in [2.45, 2.75) is 25.1 Å². The van der Waals surface area contributed by atoms with E-state index < -0.39 is 0 Å². The highest BCUT2D eigenvalue weighted by Gasteiger charge is 2.11. The standard InChI is InChI=1S/C18H21N5O2S2/c1-12-20-14(10-26-12)8-17-21-22-18(25-17)27-11-16(24)19-9-13-4-6-15(7-5-13)23(2)3/h4-7,10H,8-9,11H2,1-3H3,(H,19,24). The lowest BCUT2D eigenvalue weighted by molar-refractivity contribution is -0.118. The molecule has 1 amide bonds. The molecule has 0 aliphatic carbocycles. The van der Waals surface area contributed by atoms with Crippen LogP contribution in [0.2, 0.25) is 0 Å². The Labute approximate surface area is 166 Å². The second kappa shape index (κ2) is 9.01. The van der Waals surface area contributed by atoms with Gasteiger partial charge in [0.15, 0.2) is 0 Å². The maximum Gasteiger partial charge on any atom is 0.277 e. The molecule has 0 saturated heterocycles. The predicted molar refractivity (Wildman–Crippen MR) is 107 cm³/mol. The average molecular weight is 404 g/mol. The molecule has 0 fully saturated rings. The van der Waals surface area contributed by atoms with Crippen LogP contribution < -0.4 is 10.2 Å². The number of aromatic nitrogens is 3. The lowest BCUT2D eigenvalue weighted by atomic mass is 10.2. The molecule has 0 saturated carbocycles. The summed E-state index contributed by atoms with van der Waals surface area (Å²) >= 11 is 2.82. The summed E-state index contributed by atoms with van der Waals surface area (Å²) in [6.07, 6.45) is 0.507. The molecule has 0 aliphatic heterocycles. The van der Waals surface area contributed by atoms with E-state index in [0.29, 0.717) is 24.1 Å². The molecule has 27 heavy (non-hydrogen) atoms. The first-order valence-corrected chi connectivity index (χ1v) is 10.3. The zero-order valence-corrected chi connectivity index (χ0v) is 17.1. The van der Waals surface area contributed by atoms with E-state index in [4.69, 9.17) is 4.42 Å². The Hall–Kier alpha value is -2.39. The fourth-order valence-corrected chi connectivity index (χ4v) is 3.53. The van der Waals surface area contributed by atoms with E-state index in [2.05, 4.69) is 20.5 Å². The first-order valence-electron chi connectivity index (χ1n) is 8.39. The first-order chi connectivity index (χ1) is 13.0. The van der Waals surface area contributed by atoms with Crippen LogP contribution in [0.3, 0.4) is 0 Å². The summed E-state index contributed by atoms with van der Waals surface area (Å²) in [6.45, 7) is 2.45. The Balaban J connectivity index is 1.42. The van der Waals surface area contributed by atoms with Gasteiger partial charge < -0.3 is 14.6 Å². The van der Waals surface area contributed by atoms with Gasteiger partial charge in [-0.3, -0.25) is 4.79 Å². The number of hydrogen-bond acceptors (Lipinski definition) is 8. The number of carbonyl (C=O) groups is 1. The quantitative estimate of drug-likeness (QED) is 0.579. The molecule has 0 bridgehead atoms. The van der Waals surface area contributed by atoms with E-state index >= 15 is 0 Å². The third-order valence-electron chi connectivity index (χ3n) is 3.72. The Bertz CT molecular complexity index is 889. The van der Waals surface area contributed by atoms with Gasteiger partial charge in [0, 0.05) is 31.7 Å². The minimum atomic E-state index is -0.0773. The Morgan fingerprint density at radius 2 is 2.04 bits per heavy atom. The summed E-state index contributed by atoms with van der Waals surface area (Å²) in [7, 11) is 3.99. The van der Waals surface area contributed by atoms with E-state index in [1.807, 2.05) is 55.6 Å². The van der Waals surface area contributed by atoms with Gasteiger partial charge in [0.05, 0.1) is 22.9 Å². The number of rotatable bonds is 8. The first kappa shape index (κ1) is 19.4. The number of aryl methyl sites for hydroxylation is 1. The average Bonchev–Trinajstić information content (AvgIpc) is 3.27. The number of amides is 1. The molecule has 142 valence electrons. The SMILES string of the molecule is Cc1nc(Cc2nnc(SCC(=O)NCc3ccc(N(C)C)cc3)o2)cs1. The highest BCUT2D eigenvalue weighted by molar-refractivity contribution is 7.99. The number of thiazole rings is 1. The number of nitrogens with zero attached hydrogens (tertiary/aromatic N) is 4. The van der Waals surface area contributed by atoms with Gasteiger partial charge in [0.2, 0.25) is 11.8 Å². The van der Waals surface area contributed by atoms with E-state index in [9.17, 15) is 4.79 Å². The van der Waals surface area contributed by atoms with Crippen LogP contribution in [0, 0.1) is 6.92 Å². The molecule has 9 heteroatoms. The number of anilines is 1. The molecule has 2 aromatic heterocycles. The predicted octanol–water partition coefficient (Wildman–Crippen LogP) is 2.90. The zero-order chi connectivity index (χ0) is 19.2. The van der Waals surface area contributed by atoms with Gasteiger partial charge in [-0.25, -0.2) is 4.98 Å². The Morgan fingerprint density at radius 3 is 2.70 bits per heavy atom. The monoisotopic (exact) mass is 403 g/mol. The van der Waals surface area contributed by atoms with E-state index in [1.165, 1.54) is 11.8 Å². The van der Waals surface area contributed by atoms with Crippen molar-refractivity contribution >= 4 is 34.7 Å². The summed E-state index contributed by atoms with van der Waals surface area (Å²) in [6, 6.07) is 8.07. The molecule has 0 aliphatic rings. The topological polar surface area (TPSA) is 84.1 Å². The van der Waals surface area contributed by atoms with Crippen molar-refractivity contribution in [2.75, 3.05) is 24.7 Å². The summed E-state index contributed by atoms with van der Waals surface area (Å²) < 4.78 is 5.57. The van der Waals surface area contributed by atoms with Crippen LogP contribution in [0.4, 0.5) is 5.69 Å². The van der Waals surface area contributed by atoms with E-state index in [-0.39, 0.29) is 11.7 Å². The van der Waals surface area contributed by atoms with Crippen molar-refractivity contribution in [3.05, 3.63) is 51.8 Å². The van der Waals surface area contributed by atoms with Crippen molar-refractivity contribution in [1.82, 2.24) is 20.5 Å². The van der Waals surface area contributed by atoms with Gasteiger partial charge in [-0.2, -0.15) is 0 Å². The minimum Gasteiger partial charge on any atom is -0.416 e. The van der Waals surface area contributed by atoms with Crippen LogP contribution >= 0.6 is 23.1 Å². The van der Waals surface area contributed by atoms with Gasteiger partial charge in [0.25, 0.3) is 5.22 Å². The highest BCUT2D eigenvalue weighted by Crippen LogP contribution is 2.18. The van der Waals surface area contributed by atoms with Crippen LogP contribution in [0.1, 0.15) is 22.2 Å². The van der Waals surface area contributed by atoms with E-state index in [0.717, 1.165) is 22.0 Å².